The van der Waals surface area contributed by atoms with Crippen molar-refractivity contribution >= 4 is 21.6 Å². The minimum atomic E-state index is -3.45. The smallest absolute Gasteiger partial charge is 0.243 e. The molecular formula is C17H24N2O3S. The van der Waals surface area contributed by atoms with Crippen LogP contribution in [-0.4, -0.2) is 37.8 Å². The third kappa shape index (κ3) is 2.90. The lowest BCUT2D eigenvalue weighted by Crippen LogP contribution is -2.43. The molecule has 2 aliphatic rings. The van der Waals surface area contributed by atoms with Gasteiger partial charge in [0.25, 0.3) is 0 Å². The molecule has 1 aromatic rings. The molecule has 0 N–H and O–H groups in total. The Hall–Kier alpha value is -1.40. The Balaban J connectivity index is 1.94. The number of benzene rings is 1. The summed E-state index contributed by atoms with van der Waals surface area (Å²) in [6, 6.07) is 5.29. The highest BCUT2D eigenvalue weighted by Crippen LogP contribution is 2.33. The Kier molecular flexibility index (Phi) is 4.47. The Morgan fingerprint density at radius 3 is 2.74 bits per heavy atom. The fourth-order valence-corrected chi connectivity index (χ4v) is 5.52. The highest BCUT2D eigenvalue weighted by atomic mass is 32.2. The quantitative estimate of drug-likeness (QED) is 0.852. The zero-order valence-corrected chi connectivity index (χ0v) is 14.6. The summed E-state index contributed by atoms with van der Waals surface area (Å²) in [6.45, 7) is 4.83. The number of rotatable bonds is 3. The van der Waals surface area contributed by atoms with Gasteiger partial charge in [-0.1, -0.05) is 13.3 Å². The number of hydrogen-bond acceptors (Lipinski definition) is 3. The van der Waals surface area contributed by atoms with Crippen LogP contribution in [0.5, 0.6) is 0 Å². The van der Waals surface area contributed by atoms with Crippen LogP contribution in [0.4, 0.5) is 5.69 Å². The van der Waals surface area contributed by atoms with Crippen LogP contribution in [0.25, 0.3) is 0 Å². The second-order valence-electron chi connectivity index (χ2n) is 6.38. The van der Waals surface area contributed by atoms with Gasteiger partial charge in [0, 0.05) is 31.7 Å². The number of amides is 1. The van der Waals surface area contributed by atoms with Crippen molar-refractivity contribution in [3.05, 3.63) is 23.8 Å². The first-order valence-corrected chi connectivity index (χ1v) is 9.82. The molecule has 6 heteroatoms. The van der Waals surface area contributed by atoms with Gasteiger partial charge in [-0.15, -0.1) is 0 Å². The average molecular weight is 336 g/mol. The molecule has 1 saturated heterocycles. The van der Waals surface area contributed by atoms with Crippen LogP contribution < -0.4 is 4.90 Å². The Bertz CT molecular complexity index is 715. The molecule has 0 radical (unpaired) electrons. The summed E-state index contributed by atoms with van der Waals surface area (Å²) in [5, 5.41) is 0. The summed E-state index contributed by atoms with van der Waals surface area (Å²) in [5.74, 6) is 0.00133. The van der Waals surface area contributed by atoms with E-state index in [-0.39, 0.29) is 11.9 Å². The van der Waals surface area contributed by atoms with Crippen LogP contribution in [0.2, 0.25) is 0 Å². The number of hydrogen-bond donors (Lipinski definition) is 0. The van der Waals surface area contributed by atoms with E-state index in [1.165, 1.54) is 0 Å². The van der Waals surface area contributed by atoms with E-state index in [9.17, 15) is 13.2 Å². The predicted molar refractivity (Wildman–Crippen MR) is 90.0 cm³/mol. The topological polar surface area (TPSA) is 57.7 Å². The van der Waals surface area contributed by atoms with Crippen molar-refractivity contribution in [1.82, 2.24) is 4.31 Å². The standard InChI is InChI=1S/C17H24N2O3S/c1-3-15-6-4-5-10-19(15)23(21,22)16-7-8-17-14(12-16)9-11-18(17)13(2)20/h7-8,12,15H,3-6,9-11H2,1-2H3/t15-/m1/s1. The van der Waals surface area contributed by atoms with E-state index in [1.54, 1.807) is 34.3 Å². The predicted octanol–water partition coefficient (Wildman–Crippen LogP) is 2.55. The zero-order chi connectivity index (χ0) is 16.6. The van der Waals surface area contributed by atoms with Crippen molar-refractivity contribution < 1.29 is 13.2 Å². The van der Waals surface area contributed by atoms with Crippen molar-refractivity contribution in [2.45, 2.75) is 56.9 Å². The third-order valence-electron chi connectivity index (χ3n) is 4.98. The van der Waals surface area contributed by atoms with Gasteiger partial charge < -0.3 is 4.90 Å². The van der Waals surface area contributed by atoms with Crippen LogP contribution in [-0.2, 0) is 21.2 Å². The van der Waals surface area contributed by atoms with Gasteiger partial charge in [0.15, 0.2) is 0 Å². The molecule has 0 aliphatic carbocycles. The SMILES string of the molecule is CC[C@@H]1CCCCN1S(=O)(=O)c1ccc2c(c1)CCN2C(C)=O. The van der Waals surface area contributed by atoms with E-state index in [4.69, 9.17) is 0 Å². The van der Waals surface area contributed by atoms with E-state index in [1.807, 2.05) is 6.92 Å². The minimum Gasteiger partial charge on any atom is -0.312 e. The first-order valence-electron chi connectivity index (χ1n) is 8.38. The van der Waals surface area contributed by atoms with E-state index in [2.05, 4.69) is 0 Å². The highest BCUT2D eigenvalue weighted by molar-refractivity contribution is 7.89. The fourth-order valence-electron chi connectivity index (χ4n) is 3.70. The van der Waals surface area contributed by atoms with Crippen LogP contribution in [0.1, 0.15) is 45.1 Å². The monoisotopic (exact) mass is 336 g/mol. The molecule has 0 bridgehead atoms. The first kappa shape index (κ1) is 16.5. The molecule has 23 heavy (non-hydrogen) atoms. The van der Waals surface area contributed by atoms with Gasteiger partial charge >= 0.3 is 0 Å². The molecule has 126 valence electrons. The molecular weight excluding hydrogens is 312 g/mol. The van der Waals surface area contributed by atoms with Crippen LogP contribution in [0.3, 0.4) is 0 Å². The molecule has 3 rings (SSSR count). The maximum atomic E-state index is 13.0. The molecule has 1 amide bonds. The summed E-state index contributed by atoms with van der Waals surface area (Å²) >= 11 is 0. The van der Waals surface area contributed by atoms with Crippen molar-refractivity contribution in [3.8, 4) is 0 Å². The molecule has 0 unspecified atom stereocenters. The second kappa shape index (κ2) is 6.24. The van der Waals surface area contributed by atoms with Crippen molar-refractivity contribution in [1.29, 1.82) is 0 Å². The molecule has 1 atom stereocenters. The molecule has 2 heterocycles. The Morgan fingerprint density at radius 1 is 1.26 bits per heavy atom. The number of carbonyl (C=O) groups is 1. The van der Waals surface area contributed by atoms with Gasteiger partial charge in [-0.25, -0.2) is 8.42 Å². The normalized spacial score (nSPS) is 22.2. The fraction of sp³-hybridized carbons (Fsp3) is 0.588. The highest BCUT2D eigenvalue weighted by Gasteiger charge is 2.33. The van der Waals surface area contributed by atoms with E-state index < -0.39 is 10.0 Å². The van der Waals surface area contributed by atoms with Gasteiger partial charge in [-0.05, 0) is 49.4 Å². The number of piperidine rings is 1. The van der Waals surface area contributed by atoms with Gasteiger partial charge in [0.2, 0.25) is 15.9 Å². The van der Waals surface area contributed by atoms with Crippen molar-refractivity contribution in [2.24, 2.45) is 0 Å². The van der Waals surface area contributed by atoms with E-state index in [0.29, 0.717) is 18.0 Å². The molecule has 5 nitrogen and oxygen atoms in total. The number of carbonyl (C=O) groups excluding carboxylic acids is 1. The van der Waals surface area contributed by atoms with E-state index in [0.717, 1.165) is 43.4 Å². The third-order valence-corrected chi connectivity index (χ3v) is 6.93. The number of fused-ring (bicyclic) bond motifs is 1. The van der Waals surface area contributed by atoms with Gasteiger partial charge in [-0.2, -0.15) is 4.31 Å². The molecule has 0 aromatic heterocycles. The zero-order valence-electron chi connectivity index (χ0n) is 13.8. The van der Waals surface area contributed by atoms with Crippen LogP contribution in [0.15, 0.2) is 23.1 Å². The Labute approximate surface area is 138 Å². The summed E-state index contributed by atoms with van der Waals surface area (Å²) in [6.07, 6.45) is 4.54. The van der Waals surface area contributed by atoms with Crippen LogP contribution in [0, 0.1) is 0 Å². The maximum Gasteiger partial charge on any atom is 0.243 e. The number of anilines is 1. The number of nitrogens with zero attached hydrogens (tertiary/aromatic N) is 2. The summed E-state index contributed by atoms with van der Waals surface area (Å²) in [5.41, 5.74) is 1.80. The summed E-state index contributed by atoms with van der Waals surface area (Å²) < 4.78 is 27.7. The largest absolute Gasteiger partial charge is 0.312 e. The summed E-state index contributed by atoms with van der Waals surface area (Å²) in [7, 11) is -3.45. The first-order chi connectivity index (χ1) is 10.9. The molecule has 2 aliphatic heterocycles. The molecule has 1 aromatic carbocycles. The van der Waals surface area contributed by atoms with Gasteiger partial charge in [-0.3, -0.25) is 4.79 Å². The van der Waals surface area contributed by atoms with E-state index >= 15 is 0 Å². The average Bonchev–Trinajstić information content (AvgIpc) is 2.98. The summed E-state index contributed by atoms with van der Waals surface area (Å²) in [4.78, 5) is 13.7. The molecule has 0 spiro atoms. The lowest BCUT2D eigenvalue weighted by Gasteiger charge is -2.34. The number of sulfonamides is 1. The molecule has 0 saturated carbocycles. The van der Waals surface area contributed by atoms with Gasteiger partial charge in [0.05, 0.1) is 4.90 Å². The minimum absolute atomic E-state index is 0.00133. The van der Waals surface area contributed by atoms with Crippen molar-refractivity contribution in [2.75, 3.05) is 18.0 Å². The molecule has 1 fully saturated rings. The lowest BCUT2D eigenvalue weighted by molar-refractivity contribution is -0.116. The van der Waals surface area contributed by atoms with Crippen molar-refractivity contribution in [3.63, 3.8) is 0 Å². The lowest BCUT2D eigenvalue weighted by atomic mass is 10.0. The Morgan fingerprint density at radius 2 is 2.04 bits per heavy atom. The van der Waals surface area contributed by atoms with Crippen LogP contribution >= 0.6 is 0 Å². The van der Waals surface area contributed by atoms with Gasteiger partial charge in [0.1, 0.15) is 0 Å². The second-order valence-corrected chi connectivity index (χ2v) is 8.28. The maximum absolute atomic E-state index is 13.0.